The molecule has 1 aromatic heterocycles. The maximum absolute atomic E-state index is 10.9. The van der Waals surface area contributed by atoms with Crippen molar-refractivity contribution in [2.24, 2.45) is 0 Å². The molecule has 0 bridgehead atoms. The molecule has 1 aromatic rings. The van der Waals surface area contributed by atoms with Crippen molar-refractivity contribution in [1.82, 2.24) is 6.15 Å². The summed E-state index contributed by atoms with van der Waals surface area (Å²) in [6, 6.07) is 3.58. The molecule has 0 aliphatic carbocycles. The fraction of sp³-hybridized carbons (Fsp3) is 0.286. The number of carbonyl (C=O) groups is 1. The molecule has 4 heteroatoms. The highest BCUT2D eigenvalue weighted by molar-refractivity contribution is 7.11. The van der Waals surface area contributed by atoms with Crippen LogP contribution in [0.2, 0.25) is 0 Å². The second-order valence-corrected chi connectivity index (χ2v) is 2.65. The second-order valence-electron chi connectivity index (χ2n) is 1.70. The quantitative estimate of drug-likeness (QED) is 0.696. The number of carbonyl (C=O) groups excluding carboxylic acids is 1. The highest BCUT2D eigenvalue weighted by Gasteiger charge is 2.04. The summed E-state index contributed by atoms with van der Waals surface area (Å²) < 4.78 is 4.76. The van der Waals surface area contributed by atoms with Gasteiger partial charge in [0.2, 0.25) is 0 Å². The van der Waals surface area contributed by atoms with Crippen LogP contribution in [0.3, 0.4) is 0 Å². The molecule has 0 aromatic carbocycles. The zero-order valence-electron chi connectivity index (χ0n) is 6.37. The molecule has 0 aliphatic rings. The van der Waals surface area contributed by atoms with Crippen molar-refractivity contribution in [1.29, 1.82) is 0 Å². The molecule has 62 valence electrons. The van der Waals surface area contributed by atoms with Gasteiger partial charge >= 0.3 is 5.97 Å². The first-order valence-electron chi connectivity index (χ1n) is 3.05. The van der Waals surface area contributed by atoms with E-state index in [2.05, 4.69) is 0 Å². The van der Waals surface area contributed by atoms with E-state index in [-0.39, 0.29) is 12.1 Å². The summed E-state index contributed by atoms with van der Waals surface area (Å²) in [7, 11) is 0. The summed E-state index contributed by atoms with van der Waals surface area (Å²) in [4.78, 5) is 11.6. The van der Waals surface area contributed by atoms with Crippen LogP contribution in [0.1, 0.15) is 16.6 Å². The van der Waals surface area contributed by atoms with Crippen LogP contribution in [0.4, 0.5) is 0 Å². The summed E-state index contributed by atoms with van der Waals surface area (Å²) in [5.74, 6) is -0.225. The Labute approximate surface area is 69.6 Å². The Balaban J connectivity index is 0.000001000. The minimum absolute atomic E-state index is 0. The van der Waals surface area contributed by atoms with Crippen molar-refractivity contribution in [3.63, 3.8) is 0 Å². The predicted molar refractivity (Wildman–Crippen MR) is 45.3 cm³/mol. The molecule has 0 spiro atoms. The molecule has 0 saturated carbocycles. The Morgan fingerprint density at radius 3 is 2.91 bits per heavy atom. The van der Waals surface area contributed by atoms with Crippen molar-refractivity contribution in [3.8, 4) is 0 Å². The first kappa shape index (κ1) is 10.1. The van der Waals surface area contributed by atoms with Gasteiger partial charge in [-0.15, -0.1) is 11.3 Å². The lowest BCUT2D eigenvalue weighted by atomic mass is 10.5. The fourth-order valence-electron chi connectivity index (χ4n) is 0.597. The van der Waals surface area contributed by atoms with Gasteiger partial charge < -0.3 is 10.9 Å². The molecular weight excluding hydrogens is 162 g/mol. The molecule has 3 nitrogen and oxygen atoms in total. The minimum atomic E-state index is -0.225. The monoisotopic (exact) mass is 173 g/mol. The Morgan fingerprint density at radius 2 is 2.45 bits per heavy atom. The van der Waals surface area contributed by atoms with Crippen LogP contribution in [0.25, 0.3) is 0 Å². The maximum atomic E-state index is 10.9. The van der Waals surface area contributed by atoms with E-state index < -0.39 is 0 Å². The molecule has 11 heavy (non-hydrogen) atoms. The van der Waals surface area contributed by atoms with Gasteiger partial charge in [0.15, 0.2) is 0 Å². The molecule has 0 fully saturated rings. The first-order valence-corrected chi connectivity index (χ1v) is 3.93. The highest BCUT2D eigenvalue weighted by Crippen LogP contribution is 2.09. The summed E-state index contributed by atoms with van der Waals surface area (Å²) in [5.41, 5.74) is 0. The molecule has 1 rings (SSSR count). The fourth-order valence-corrected chi connectivity index (χ4v) is 1.21. The van der Waals surface area contributed by atoms with E-state index in [4.69, 9.17) is 4.74 Å². The normalized spacial score (nSPS) is 8.45. The van der Waals surface area contributed by atoms with Gasteiger partial charge in [-0.1, -0.05) is 6.07 Å². The maximum Gasteiger partial charge on any atom is 0.348 e. The van der Waals surface area contributed by atoms with Crippen molar-refractivity contribution < 1.29 is 9.53 Å². The molecule has 1 heterocycles. The van der Waals surface area contributed by atoms with Crippen molar-refractivity contribution in [3.05, 3.63) is 22.4 Å². The molecule has 3 N–H and O–H groups in total. The highest BCUT2D eigenvalue weighted by atomic mass is 32.1. The van der Waals surface area contributed by atoms with Gasteiger partial charge in [-0.3, -0.25) is 0 Å². The average molecular weight is 173 g/mol. The molecule has 0 radical (unpaired) electrons. The van der Waals surface area contributed by atoms with Gasteiger partial charge in [-0.2, -0.15) is 0 Å². The summed E-state index contributed by atoms with van der Waals surface area (Å²) in [5, 5.41) is 1.85. The van der Waals surface area contributed by atoms with Crippen molar-refractivity contribution in [2.45, 2.75) is 6.92 Å². The van der Waals surface area contributed by atoms with Gasteiger partial charge in [0.25, 0.3) is 0 Å². The van der Waals surface area contributed by atoms with Crippen LogP contribution in [0, 0.1) is 0 Å². The lowest BCUT2D eigenvalue weighted by Gasteiger charge is -1.95. The van der Waals surface area contributed by atoms with E-state index in [1.54, 1.807) is 13.0 Å². The summed E-state index contributed by atoms with van der Waals surface area (Å²) in [6.07, 6.45) is 0. The zero-order valence-corrected chi connectivity index (χ0v) is 7.19. The summed E-state index contributed by atoms with van der Waals surface area (Å²) >= 11 is 1.40. The molecular formula is C7H11NO2S. The van der Waals surface area contributed by atoms with Gasteiger partial charge in [0.1, 0.15) is 4.88 Å². The number of hydrogen-bond donors (Lipinski definition) is 1. The number of ether oxygens (including phenoxy) is 1. The first-order chi connectivity index (χ1) is 4.84. The third kappa shape index (κ3) is 2.69. The van der Waals surface area contributed by atoms with Gasteiger partial charge in [0.05, 0.1) is 6.61 Å². The van der Waals surface area contributed by atoms with E-state index in [0.717, 1.165) is 0 Å². The second kappa shape index (κ2) is 4.87. The van der Waals surface area contributed by atoms with Gasteiger partial charge in [-0.05, 0) is 18.4 Å². The Bertz CT molecular complexity index is 208. The van der Waals surface area contributed by atoms with E-state index in [0.29, 0.717) is 11.5 Å². The minimum Gasteiger partial charge on any atom is -0.462 e. The zero-order chi connectivity index (χ0) is 7.40. The predicted octanol–water partition coefficient (Wildman–Crippen LogP) is 2.09. The third-order valence-electron chi connectivity index (χ3n) is 0.998. The van der Waals surface area contributed by atoms with E-state index in [1.165, 1.54) is 11.3 Å². The Hall–Kier alpha value is -0.870. The van der Waals surface area contributed by atoms with Crippen LogP contribution in [-0.2, 0) is 4.74 Å². The Kier molecular flexibility index (Phi) is 4.49. The van der Waals surface area contributed by atoms with E-state index in [1.807, 2.05) is 11.4 Å². The molecule has 0 aliphatic heterocycles. The molecule has 0 atom stereocenters. The number of rotatable bonds is 2. The van der Waals surface area contributed by atoms with Crippen LogP contribution < -0.4 is 6.15 Å². The van der Waals surface area contributed by atoms with Gasteiger partial charge in [0, 0.05) is 0 Å². The smallest absolute Gasteiger partial charge is 0.348 e. The molecule has 0 saturated heterocycles. The van der Waals surface area contributed by atoms with Crippen LogP contribution >= 0.6 is 11.3 Å². The van der Waals surface area contributed by atoms with Crippen molar-refractivity contribution >= 4 is 17.3 Å². The third-order valence-corrected chi connectivity index (χ3v) is 1.85. The Morgan fingerprint density at radius 1 is 1.73 bits per heavy atom. The lowest BCUT2D eigenvalue weighted by Crippen LogP contribution is -2.01. The van der Waals surface area contributed by atoms with Crippen LogP contribution in [0.15, 0.2) is 17.5 Å². The average Bonchev–Trinajstić information content (AvgIpc) is 2.38. The topological polar surface area (TPSA) is 61.3 Å². The summed E-state index contributed by atoms with van der Waals surface area (Å²) in [6.45, 7) is 2.24. The van der Waals surface area contributed by atoms with E-state index >= 15 is 0 Å². The number of hydrogen-bond acceptors (Lipinski definition) is 4. The van der Waals surface area contributed by atoms with Crippen LogP contribution in [0.5, 0.6) is 0 Å². The molecule has 0 unspecified atom stereocenters. The van der Waals surface area contributed by atoms with E-state index in [9.17, 15) is 4.79 Å². The molecule has 0 amide bonds. The standard InChI is InChI=1S/C7H8O2S.H3N/c1-2-9-7(8)6-4-3-5-10-6;/h3-5H,2H2,1H3;1H3. The van der Waals surface area contributed by atoms with Crippen LogP contribution in [-0.4, -0.2) is 12.6 Å². The largest absolute Gasteiger partial charge is 0.462 e. The van der Waals surface area contributed by atoms with Crippen molar-refractivity contribution in [2.75, 3.05) is 6.61 Å². The number of thiophene rings is 1. The SMILES string of the molecule is CCOC(=O)c1cccs1.N. The number of esters is 1. The van der Waals surface area contributed by atoms with Gasteiger partial charge in [-0.25, -0.2) is 4.79 Å². The lowest BCUT2D eigenvalue weighted by molar-refractivity contribution is 0.0532.